The van der Waals surface area contributed by atoms with E-state index in [-0.39, 0.29) is 18.7 Å². The van der Waals surface area contributed by atoms with E-state index in [0.717, 1.165) is 38.5 Å². The SMILES string of the molecule is CCCCCCCCCCCCCCCCOC(=O)[C@H](CCC(=O)O)NC(=O)CCCCCCCCCCCCCCC. The van der Waals surface area contributed by atoms with E-state index in [1.54, 1.807) is 0 Å². The third kappa shape index (κ3) is 31.6. The molecule has 0 aliphatic heterocycles. The highest BCUT2D eigenvalue weighted by Crippen LogP contribution is 2.15. The lowest BCUT2D eigenvalue weighted by atomic mass is 10.0. The van der Waals surface area contributed by atoms with Gasteiger partial charge in [0.2, 0.25) is 5.91 Å². The molecule has 0 aromatic rings. The number of hydrogen-bond donors (Lipinski definition) is 2. The molecule has 2 N–H and O–H groups in total. The Labute approximate surface area is 266 Å². The van der Waals surface area contributed by atoms with Gasteiger partial charge in [-0.15, -0.1) is 0 Å². The fraction of sp³-hybridized carbons (Fsp3) is 0.919. The molecule has 0 spiro atoms. The zero-order chi connectivity index (χ0) is 31.6. The van der Waals surface area contributed by atoms with E-state index >= 15 is 0 Å². The summed E-state index contributed by atoms with van der Waals surface area (Å²) in [5, 5.41) is 11.8. The minimum atomic E-state index is -0.976. The number of aliphatic carboxylic acids is 1. The number of carbonyl (C=O) groups is 3. The zero-order valence-electron chi connectivity index (χ0n) is 28.6. The van der Waals surface area contributed by atoms with Crippen molar-refractivity contribution in [3.05, 3.63) is 0 Å². The van der Waals surface area contributed by atoms with Crippen LogP contribution in [0.2, 0.25) is 0 Å². The van der Waals surface area contributed by atoms with E-state index < -0.39 is 18.0 Å². The van der Waals surface area contributed by atoms with E-state index in [9.17, 15) is 14.4 Å². The monoisotopic (exact) mass is 610 g/mol. The Bertz CT molecular complexity index is 638. The lowest BCUT2D eigenvalue weighted by Crippen LogP contribution is -2.42. The number of unbranched alkanes of at least 4 members (excludes halogenated alkanes) is 25. The Hall–Kier alpha value is -1.59. The van der Waals surface area contributed by atoms with E-state index in [2.05, 4.69) is 19.2 Å². The van der Waals surface area contributed by atoms with Crippen LogP contribution in [0.3, 0.4) is 0 Å². The number of nitrogens with one attached hydrogen (secondary N) is 1. The highest BCUT2D eigenvalue weighted by atomic mass is 16.5. The number of carboxylic acid groups (broad SMARTS) is 1. The van der Waals surface area contributed by atoms with E-state index in [4.69, 9.17) is 9.84 Å². The van der Waals surface area contributed by atoms with Gasteiger partial charge in [0.1, 0.15) is 6.04 Å². The van der Waals surface area contributed by atoms with Crippen LogP contribution in [0.15, 0.2) is 0 Å². The van der Waals surface area contributed by atoms with Crippen LogP contribution >= 0.6 is 0 Å². The first-order valence-electron chi connectivity index (χ1n) is 18.7. The zero-order valence-corrected chi connectivity index (χ0v) is 28.6. The lowest BCUT2D eigenvalue weighted by molar-refractivity contribution is -0.148. The molecule has 1 amide bonds. The van der Waals surface area contributed by atoms with Crippen LogP contribution in [0, 0.1) is 0 Å². The summed E-state index contributed by atoms with van der Waals surface area (Å²) in [5.41, 5.74) is 0. The molecule has 43 heavy (non-hydrogen) atoms. The Kier molecular flexibility index (Phi) is 32.1. The molecule has 0 aromatic carbocycles. The minimum Gasteiger partial charge on any atom is -0.481 e. The van der Waals surface area contributed by atoms with Crippen LogP contribution in [-0.2, 0) is 19.1 Å². The van der Waals surface area contributed by atoms with Gasteiger partial charge in [-0.25, -0.2) is 4.79 Å². The summed E-state index contributed by atoms with van der Waals surface area (Å²) in [4.78, 5) is 36.1. The molecular formula is C37H71NO5. The summed E-state index contributed by atoms with van der Waals surface area (Å²) >= 11 is 0. The quantitative estimate of drug-likeness (QED) is 0.0559. The molecule has 0 rings (SSSR count). The molecular weight excluding hydrogens is 538 g/mol. The van der Waals surface area contributed by atoms with E-state index in [1.807, 2.05) is 0 Å². The molecule has 0 saturated heterocycles. The van der Waals surface area contributed by atoms with Crippen molar-refractivity contribution < 1.29 is 24.2 Å². The lowest BCUT2D eigenvalue weighted by Gasteiger charge is -2.17. The average molecular weight is 610 g/mol. The molecule has 0 saturated carbocycles. The van der Waals surface area contributed by atoms with E-state index in [1.165, 1.54) is 135 Å². The normalized spacial score (nSPS) is 11.9. The minimum absolute atomic E-state index is 0.0667. The first-order chi connectivity index (χ1) is 21.0. The van der Waals surface area contributed by atoms with Crippen molar-refractivity contribution >= 4 is 17.8 Å². The molecule has 0 bridgehead atoms. The standard InChI is InChI=1S/C37H71NO5/c1-3-5-7-9-11-13-15-17-19-21-23-25-27-29-33-43-37(42)34(31-32-36(40)41)38-35(39)30-28-26-24-22-20-18-16-14-12-10-8-6-4-2/h34H,3-33H2,1-2H3,(H,38,39)(H,40,41)/t34-/m0/s1. The Morgan fingerprint density at radius 3 is 1.23 bits per heavy atom. The van der Waals surface area contributed by atoms with Gasteiger partial charge in [0, 0.05) is 12.8 Å². The van der Waals surface area contributed by atoms with Crippen molar-refractivity contribution in [1.29, 1.82) is 0 Å². The highest BCUT2D eigenvalue weighted by Gasteiger charge is 2.23. The third-order valence-electron chi connectivity index (χ3n) is 8.52. The molecule has 0 heterocycles. The van der Waals surface area contributed by atoms with Crippen molar-refractivity contribution in [3.8, 4) is 0 Å². The van der Waals surface area contributed by atoms with Crippen LogP contribution in [-0.4, -0.2) is 35.6 Å². The molecule has 0 radical (unpaired) electrons. The molecule has 0 aromatic heterocycles. The number of carbonyl (C=O) groups excluding carboxylic acids is 2. The Morgan fingerprint density at radius 2 is 0.860 bits per heavy atom. The van der Waals surface area contributed by atoms with Crippen LogP contribution in [0.5, 0.6) is 0 Å². The maximum Gasteiger partial charge on any atom is 0.328 e. The van der Waals surface area contributed by atoms with Crippen LogP contribution in [0.1, 0.15) is 206 Å². The summed E-state index contributed by atoms with van der Waals surface area (Å²) in [6, 6.07) is -0.878. The van der Waals surface area contributed by atoms with Crippen molar-refractivity contribution in [2.24, 2.45) is 0 Å². The summed E-state index contributed by atoms with van der Waals surface area (Å²) < 4.78 is 5.42. The Balaban J connectivity index is 3.85. The predicted octanol–water partition coefficient (Wildman–Crippen LogP) is 10.8. The second-order valence-corrected chi connectivity index (χ2v) is 12.8. The van der Waals surface area contributed by atoms with Gasteiger partial charge in [-0.3, -0.25) is 9.59 Å². The number of carboxylic acids is 1. The molecule has 0 unspecified atom stereocenters. The van der Waals surface area contributed by atoms with Gasteiger partial charge in [-0.2, -0.15) is 0 Å². The number of amides is 1. The first kappa shape index (κ1) is 41.4. The van der Waals surface area contributed by atoms with Gasteiger partial charge in [0.25, 0.3) is 0 Å². The van der Waals surface area contributed by atoms with E-state index in [0.29, 0.717) is 13.0 Å². The van der Waals surface area contributed by atoms with Gasteiger partial charge >= 0.3 is 11.9 Å². The van der Waals surface area contributed by atoms with Crippen molar-refractivity contribution in [1.82, 2.24) is 5.32 Å². The molecule has 254 valence electrons. The number of ether oxygens (including phenoxy) is 1. The fourth-order valence-electron chi connectivity index (χ4n) is 5.66. The summed E-state index contributed by atoms with van der Waals surface area (Å²) in [7, 11) is 0. The van der Waals surface area contributed by atoms with Crippen molar-refractivity contribution in [2.75, 3.05) is 6.61 Å². The van der Waals surface area contributed by atoms with Gasteiger partial charge in [-0.1, -0.05) is 174 Å². The van der Waals surface area contributed by atoms with Crippen LogP contribution < -0.4 is 5.32 Å². The topological polar surface area (TPSA) is 92.7 Å². The van der Waals surface area contributed by atoms with Gasteiger partial charge < -0.3 is 15.2 Å². The smallest absolute Gasteiger partial charge is 0.328 e. The second kappa shape index (κ2) is 33.3. The molecule has 6 heteroatoms. The maximum atomic E-state index is 12.6. The van der Waals surface area contributed by atoms with Crippen molar-refractivity contribution in [2.45, 2.75) is 213 Å². The summed E-state index contributed by atoms with van der Waals surface area (Å²) in [6.45, 7) is 4.84. The van der Waals surface area contributed by atoms with Gasteiger partial charge in [0.15, 0.2) is 0 Å². The number of rotatable bonds is 34. The molecule has 6 nitrogen and oxygen atoms in total. The highest BCUT2D eigenvalue weighted by molar-refractivity contribution is 5.84. The van der Waals surface area contributed by atoms with Gasteiger partial charge in [-0.05, 0) is 19.3 Å². The summed E-state index contributed by atoms with van der Waals surface area (Å²) in [5.74, 6) is -1.67. The summed E-state index contributed by atoms with van der Waals surface area (Å²) in [6.07, 6.45) is 34.2. The first-order valence-corrected chi connectivity index (χ1v) is 18.7. The molecule has 0 fully saturated rings. The van der Waals surface area contributed by atoms with Gasteiger partial charge in [0.05, 0.1) is 6.61 Å². The third-order valence-corrected chi connectivity index (χ3v) is 8.52. The number of hydrogen-bond acceptors (Lipinski definition) is 4. The second-order valence-electron chi connectivity index (χ2n) is 12.8. The largest absolute Gasteiger partial charge is 0.481 e. The average Bonchev–Trinajstić information content (AvgIpc) is 2.99. The molecule has 0 aliphatic rings. The predicted molar refractivity (Wildman–Crippen MR) is 180 cm³/mol. The van der Waals surface area contributed by atoms with Crippen molar-refractivity contribution in [3.63, 3.8) is 0 Å². The maximum absolute atomic E-state index is 12.6. The molecule has 0 aliphatic carbocycles. The van der Waals surface area contributed by atoms with Crippen LogP contribution in [0.25, 0.3) is 0 Å². The Morgan fingerprint density at radius 1 is 0.512 bits per heavy atom. The fourth-order valence-corrected chi connectivity index (χ4v) is 5.66. The van der Waals surface area contributed by atoms with Crippen LogP contribution in [0.4, 0.5) is 0 Å². The molecule has 1 atom stereocenters. The number of esters is 1.